The summed E-state index contributed by atoms with van der Waals surface area (Å²) in [4.78, 5) is 27.9. The molecule has 0 spiro atoms. The van der Waals surface area contributed by atoms with Crippen molar-refractivity contribution < 1.29 is 18.4 Å². The van der Waals surface area contributed by atoms with Crippen LogP contribution >= 0.6 is 23.4 Å². The van der Waals surface area contributed by atoms with Gasteiger partial charge in [-0.1, -0.05) is 23.7 Å². The standard InChI is InChI=1S/C21H20ClF2N3O2S/c22-14-4-1-12(2-5-14)10-27-17-7-13(19(28)26-15-8-21(23,24)9-15)3-6-18(17)30-11-16(25)20(27)29/h1-7,15-16H,8-11,25H2,(H,26,28)/t16-/m0/s1. The molecule has 1 aliphatic heterocycles. The van der Waals surface area contributed by atoms with Gasteiger partial charge in [0.2, 0.25) is 5.91 Å². The second-order valence-electron chi connectivity index (χ2n) is 7.59. The number of rotatable bonds is 4. The van der Waals surface area contributed by atoms with Crippen molar-refractivity contribution in [3.63, 3.8) is 0 Å². The largest absolute Gasteiger partial charge is 0.349 e. The summed E-state index contributed by atoms with van der Waals surface area (Å²) in [7, 11) is 0. The van der Waals surface area contributed by atoms with Gasteiger partial charge in [-0.3, -0.25) is 9.59 Å². The number of alkyl halides is 2. The monoisotopic (exact) mass is 451 g/mol. The fourth-order valence-corrected chi connectivity index (χ4v) is 4.64. The van der Waals surface area contributed by atoms with Gasteiger partial charge in [0.15, 0.2) is 0 Å². The first-order valence-electron chi connectivity index (χ1n) is 9.49. The number of hydrogen-bond acceptors (Lipinski definition) is 4. The van der Waals surface area contributed by atoms with Crippen LogP contribution in [0.4, 0.5) is 14.5 Å². The average molecular weight is 452 g/mol. The van der Waals surface area contributed by atoms with Crippen molar-refractivity contribution in [2.75, 3.05) is 10.7 Å². The highest BCUT2D eigenvalue weighted by Gasteiger charge is 2.46. The van der Waals surface area contributed by atoms with Crippen molar-refractivity contribution in [2.45, 2.75) is 42.3 Å². The van der Waals surface area contributed by atoms with Crippen LogP contribution in [-0.2, 0) is 11.3 Å². The van der Waals surface area contributed by atoms with E-state index >= 15 is 0 Å². The lowest BCUT2D eigenvalue weighted by Crippen LogP contribution is -2.50. The highest BCUT2D eigenvalue weighted by Crippen LogP contribution is 2.38. The number of anilines is 1. The average Bonchev–Trinajstić information content (AvgIpc) is 2.80. The summed E-state index contributed by atoms with van der Waals surface area (Å²) < 4.78 is 26.1. The number of carbonyl (C=O) groups excluding carboxylic acids is 2. The molecular weight excluding hydrogens is 432 g/mol. The molecule has 2 amide bonds. The molecule has 0 aromatic heterocycles. The van der Waals surface area contributed by atoms with Gasteiger partial charge >= 0.3 is 0 Å². The predicted octanol–water partition coefficient (Wildman–Crippen LogP) is 3.83. The molecular formula is C21H20ClF2N3O2S. The zero-order valence-electron chi connectivity index (χ0n) is 15.9. The maximum atomic E-state index is 13.1. The summed E-state index contributed by atoms with van der Waals surface area (Å²) >= 11 is 7.40. The molecule has 9 heteroatoms. The van der Waals surface area contributed by atoms with Crippen LogP contribution in [0.2, 0.25) is 5.02 Å². The number of nitrogens with one attached hydrogen (secondary N) is 1. The molecule has 2 aromatic rings. The van der Waals surface area contributed by atoms with Crippen molar-refractivity contribution in [2.24, 2.45) is 5.73 Å². The van der Waals surface area contributed by atoms with E-state index in [4.69, 9.17) is 17.3 Å². The summed E-state index contributed by atoms with van der Waals surface area (Å²) in [6.07, 6.45) is -0.703. The summed E-state index contributed by atoms with van der Waals surface area (Å²) in [5.41, 5.74) is 7.82. The summed E-state index contributed by atoms with van der Waals surface area (Å²) in [6, 6.07) is 11.0. The Hall–Kier alpha value is -2.16. The quantitative estimate of drug-likeness (QED) is 0.740. The number of benzene rings is 2. The molecule has 3 N–H and O–H groups in total. The molecule has 30 heavy (non-hydrogen) atoms. The molecule has 0 radical (unpaired) electrons. The predicted molar refractivity (Wildman–Crippen MR) is 113 cm³/mol. The van der Waals surface area contributed by atoms with Gasteiger partial charge in [0.05, 0.1) is 18.3 Å². The molecule has 0 bridgehead atoms. The molecule has 5 nitrogen and oxygen atoms in total. The number of nitrogens with zero attached hydrogens (tertiary/aromatic N) is 1. The van der Waals surface area contributed by atoms with Crippen LogP contribution < -0.4 is 16.0 Å². The number of nitrogens with two attached hydrogens (primary N) is 1. The molecule has 0 saturated heterocycles. The highest BCUT2D eigenvalue weighted by molar-refractivity contribution is 7.99. The number of halogens is 3. The molecule has 1 heterocycles. The number of hydrogen-bond donors (Lipinski definition) is 2. The van der Waals surface area contributed by atoms with Crippen LogP contribution in [0.3, 0.4) is 0 Å². The van der Waals surface area contributed by atoms with Crippen molar-refractivity contribution in [3.05, 3.63) is 58.6 Å². The van der Waals surface area contributed by atoms with Crippen molar-refractivity contribution in [3.8, 4) is 0 Å². The molecule has 2 aliphatic rings. The number of fused-ring (bicyclic) bond motifs is 1. The molecule has 1 saturated carbocycles. The fraction of sp³-hybridized carbons (Fsp3) is 0.333. The van der Waals surface area contributed by atoms with E-state index in [0.717, 1.165) is 10.5 Å². The zero-order chi connectivity index (χ0) is 21.5. The van der Waals surface area contributed by atoms with Gasteiger partial charge in [0.1, 0.15) is 0 Å². The van der Waals surface area contributed by atoms with E-state index < -0.39 is 23.9 Å². The van der Waals surface area contributed by atoms with E-state index in [1.54, 1.807) is 35.2 Å². The summed E-state index contributed by atoms with van der Waals surface area (Å²) in [5, 5.41) is 3.22. The molecule has 0 unspecified atom stereocenters. The van der Waals surface area contributed by atoms with E-state index in [-0.39, 0.29) is 25.3 Å². The van der Waals surface area contributed by atoms with Crippen LogP contribution in [0.1, 0.15) is 28.8 Å². The third-order valence-electron chi connectivity index (χ3n) is 5.19. The Kier molecular flexibility index (Phi) is 5.74. The third-order valence-corrected chi connectivity index (χ3v) is 6.63. The lowest BCUT2D eigenvalue weighted by atomic mass is 9.88. The Labute approximate surface area is 181 Å². The number of carbonyl (C=O) groups is 2. The van der Waals surface area contributed by atoms with Crippen molar-refractivity contribution in [1.82, 2.24) is 5.32 Å². The van der Waals surface area contributed by atoms with Crippen LogP contribution in [0.5, 0.6) is 0 Å². The molecule has 158 valence electrons. The molecule has 1 fully saturated rings. The highest BCUT2D eigenvalue weighted by atomic mass is 35.5. The minimum absolute atomic E-state index is 0.243. The Balaban J connectivity index is 1.61. The van der Waals surface area contributed by atoms with Gasteiger partial charge in [0.25, 0.3) is 11.8 Å². The minimum Gasteiger partial charge on any atom is -0.349 e. The molecule has 1 aliphatic carbocycles. The lowest BCUT2D eigenvalue weighted by molar-refractivity contribution is -0.119. The van der Waals surface area contributed by atoms with Crippen molar-refractivity contribution >= 4 is 40.9 Å². The summed E-state index contributed by atoms with van der Waals surface area (Å²) in [6.45, 7) is 0.275. The smallest absolute Gasteiger partial charge is 0.252 e. The van der Waals surface area contributed by atoms with E-state index in [1.807, 2.05) is 12.1 Å². The van der Waals surface area contributed by atoms with E-state index in [9.17, 15) is 18.4 Å². The van der Waals surface area contributed by atoms with Gasteiger partial charge in [-0.2, -0.15) is 0 Å². The molecule has 1 atom stereocenters. The Bertz CT molecular complexity index is 979. The van der Waals surface area contributed by atoms with Crippen LogP contribution in [-0.4, -0.2) is 35.6 Å². The normalized spacial score (nSPS) is 20.9. The molecule has 4 rings (SSSR count). The summed E-state index contributed by atoms with van der Waals surface area (Å²) in [5.74, 6) is -2.96. The first-order chi connectivity index (χ1) is 14.2. The van der Waals surface area contributed by atoms with Gasteiger partial charge < -0.3 is 16.0 Å². The Morgan fingerprint density at radius 1 is 1.23 bits per heavy atom. The minimum atomic E-state index is -2.71. The first-order valence-corrected chi connectivity index (χ1v) is 10.9. The topological polar surface area (TPSA) is 75.4 Å². The van der Waals surface area contributed by atoms with Crippen LogP contribution in [0.15, 0.2) is 47.4 Å². The van der Waals surface area contributed by atoms with Crippen molar-refractivity contribution in [1.29, 1.82) is 0 Å². The van der Waals surface area contributed by atoms with Gasteiger partial charge in [0, 0.05) is 40.1 Å². The van der Waals surface area contributed by atoms with Gasteiger partial charge in [-0.15, -0.1) is 11.8 Å². The SMILES string of the molecule is N[C@H]1CSc2ccc(C(=O)NC3CC(F)(F)C3)cc2N(Cc2ccc(Cl)cc2)C1=O. The first kappa shape index (κ1) is 21.1. The third kappa shape index (κ3) is 4.45. The number of thioether (sulfide) groups is 1. The van der Waals surface area contributed by atoms with Crippen LogP contribution in [0.25, 0.3) is 0 Å². The van der Waals surface area contributed by atoms with Gasteiger partial charge in [-0.25, -0.2) is 8.78 Å². The Morgan fingerprint density at radius 2 is 1.93 bits per heavy atom. The zero-order valence-corrected chi connectivity index (χ0v) is 17.5. The van der Waals surface area contributed by atoms with Gasteiger partial charge in [-0.05, 0) is 35.9 Å². The Morgan fingerprint density at radius 3 is 2.60 bits per heavy atom. The van der Waals surface area contributed by atoms with E-state index in [1.165, 1.54) is 11.8 Å². The maximum absolute atomic E-state index is 13.1. The number of amides is 2. The second kappa shape index (κ2) is 8.17. The lowest BCUT2D eigenvalue weighted by Gasteiger charge is -2.35. The maximum Gasteiger partial charge on any atom is 0.252 e. The fourth-order valence-electron chi connectivity index (χ4n) is 3.53. The van der Waals surface area contributed by atoms with E-state index in [0.29, 0.717) is 22.0 Å². The second-order valence-corrected chi connectivity index (χ2v) is 9.08. The van der Waals surface area contributed by atoms with Crippen LogP contribution in [0, 0.1) is 0 Å². The molecule has 2 aromatic carbocycles. The van der Waals surface area contributed by atoms with E-state index in [2.05, 4.69) is 5.32 Å².